The number of benzene rings is 2. The van der Waals surface area contributed by atoms with Gasteiger partial charge in [-0.1, -0.05) is 50.2 Å². The van der Waals surface area contributed by atoms with Crippen molar-refractivity contribution >= 4 is 15.7 Å². The molecule has 4 heteroatoms. The number of sulfonamides is 1. The summed E-state index contributed by atoms with van der Waals surface area (Å²) in [4.78, 5) is 0. The Hall–Kier alpha value is -1.81. The molecule has 118 valence electrons. The summed E-state index contributed by atoms with van der Waals surface area (Å²) in [6.45, 7) is 4.35. The second-order valence-corrected chi connectivity index (χ2v) is 7.52. The van der Waals surface area contributed by atoms with E-state index in [1.807, 2.05) is 24.3 Å². The lowest BCUT2D eigenvalue weighted by molar-refractivity contribution is 0.607. The molecule has 0 aliphatic rings. The molecule has 2 rings (SSSR count). The lowest BCUT2D eigenvalue weighted by atomic mass is 9.93. The second-order valence-electron chi connectivity index (χ2n) is 5.77. The Kier molecular flexibility index (Phi) is 5.24. The predicted molar refractivity (Wildman–Crippen MR) is 92.8 cm³/mol. The molecule has 22 heavy (non-hydrogen) atoms. The third-order valence-corrected chi connectivity index (χ3v) is 4.33. The van der Waals surface area contributed by atoms with Crippen LogP contribution in [0, 0.1) is 0 Å². The van der Waals surface area contributed by atoms with Crippen LogP contribution in [0.5, 0.6) is 0 Å². The van der Waals surface area contributed by atoms with Crippen molar-refractivity contribution in [1.29, 1.82) is 0 Å². The Morgan fingerprint density at radius 2 is 1.68 bits per heavy atom. The number of hydrogen-bond acceptors (Lipinski definition) is 2. The number of rotatable bonds is 6. The van der Waals surface area contributed by atoms with Gasteiger partial charge in [0.2, 0.25) is 10.0 Å². The van der Waals surface area contributed by atoms with E-state index in [1.54, 1.807) is 0 Å². The van der Waals surface area contributed by atoms with Crippen molar-refractivity contribution in [3.8, 4) is 0 Å². The molecule has 1 N–H and O–H groups in total. The molecular weight excluding hydrogens is 294 g/mol. The first-order chi connectivity index (χ1) is 10.4. The number of hydrogen-bond donors (Lipinski definition) is 1. The summed E-state index contributed by atoms with van der Waals surface area (Å²) >= 11 is 0. The zero-order chi connectivity index (χ0) is 16.2. The highest BCUT2D eigenvalue weighted by Crippen LogP contribution is 2.23. The predicted octanol–water partition coefficient (Wildman–Crippen LogP) is 3.97. The van der Waals surface area contributed by atoms with Gasteiger partial charge >= 0.3 is 0 Å². The first kappa shape index (κ1) is 16.6. The fourth-order valence-electron chi connectivity index (χ4n) is 2.54. The minimum Gasteiger partial charge on any atom is -0.284 e. The van der Waals surface area contributed by atoms with E-state index < -0.39 is 10.0 Å². The topological polar surface area (TPSA) is 46.2 Å². The van der Waals surface area contributed by atoms with Crippen LogP contribution in [0.4, 0.5) is 5.69 Å². The van der Waals surface area contributed by atoms with Gasteiger partial charge in [-0.25, -0.2) is 8.42 Å². The molecule has 0 radical (unpaired) electrons. The molecule has 0 saturated heterocycles. The van der Waals surface area contributed by atoms with E-state index in [0.717, 1.165) is 19.1 Å². The lowest BCUT2D eigenvalue weighted by Gasteiger charge is -2.14. The van der Waals surface area contributed by atoms with Crippen molar-refractivity contribution in [3.63, 3.8) is 0 Å². The summed E-state index contributed by atoms with van der Waals surface area (Å²) < 4.78 is 24.9. The summed E-state index contributed by atoms with van der Waals surface area (Å²) in [6, 6.07) is 16.3. The van der Waals surface area contributed by atoms with Gasteiger partial charge < -0.3 is 0 Å². The van der Waals surface area contributed by atoms with Crippen LogP contribution >= 0.6 is 0 Å². The van der Waals surface area contributed by atoms with Crippen LogP contribution in [0.3, 0.4) is 0 Å². The minimum absolute atomic E-state index is 0.388. The molecule has 2 aromatic rings. The third-order valence-electron chi connectivity index (χ3n) is 3.72. The van der Waals surface area contributed by atoms with Gasteiger partial charge in [0.25, 0.3) is 0 Å². The van der Waals surface area contributed by atoms with Crippen molar-refractivity contribution in [1.82, 2.24) is 0 Å². The lowest BCUT2D eigenvalue weighted by Crippen LogP contribution is -2.09. The zero-order valence-corrected chi connectivity index (χ0v) is 14.2. The molecule has 0 aromatic heterocycles. The third kappa shape index (κ3) is 4.88. The maximum atomic E-state index is 11.2. The zero-order valence-electron chi connectivity index (χ0n) is 13.3. The summed E-state index contributed by atoms with van der Waals surface area (Å²) in [5.41, 5.74) is 4.51. The Labute approximate surface area is 133 Å². The molecule has 0 saturated carbocycles. The molecule has 1 unspecified atom stereocenters. The maximum Gasteiger partial charge on any atom is 0.229 e. The normalized spacial score (nSPS) is 12.9. The largest absolute Gasteiger partial charge is 0.284 e. The van der Waals surface area contributed by atoms with Crippen LogP contribution in [-0.4, -0.2) is 14.7 Å². The molecule has 0 heterocycles. The van der Waals surface area contributed by atoms with Crippen LogP contribution in [0.2, 0.25) is 0 Å². The van der Waals surface area contributed by atoms with Crippen molar-refractivity contribution < 1.29 is 8.42 Å². The van der Waals surface area contributed by atoms with Crippen molar-refractivity contribution in [2.45, 2.75) is 32.6 Å². The first-order valence-electron chi connectivity index (χ1n) is 7.53. The monoisotopic (exact) mass is 317 g/mol. The minimum atomic E-state index is -3.22. The van der Waals surface area contributed by atoms with E-state index in [0.29, 0.717) is 11.6 Å². The first-order valence-corrected chi connectivity index (χ1v) is 9.42. The highest BCUT2D eigenvalue weighted by Gasteiger charge is 2.08. The quantitative estimate of drug-likeness (QED) is 0.876. The van der Waals surface area contributed by atoms with Crippen LogP contribution in [-0.2, 0) is 22.9 Å². The Balaban J connectivity index is 2.07. The van der Waals surface area contributed by atoms with Crippen LogP contribution in [0.25, 0.3) is 0 Å². The van der Waals surface area contributed by atoms with Gasteiger partial charge in [-0.3, -0.25) is 4.72 Å². The number of aryl methyl sites for hydroxylation is 1. The highest BCUT2D eigenvalue weighted by atomic mass is 32.2. The fraction of sp³-hybridized carbons (Fsp3) is 0.333. The Morgan fingerprint density at radius 1 is 1.05 bits per heavy atom. The van der Waals surface area contributed by atoms with Crippen LogP contribution in [0.15, 0.2) is 48.5 Å². The smallest absolute Gasteiger partial charge is 0.229 e. The standard InChI is InChI=1S/C18H23NO2S/c1-4-15-6-5-7-16(13-15)12-14(2)17-8-10-18(11-9-17)19-22(3,20)21/h5-11,13-14,19H,4,12H2,1-3H3. The molecular formula is C18H23NO2S. The molecule has 0 spiro atoms. The van der Waals surface area contributed by atoms with E-state index >= 15 is 0 Å². The second kappa shape index (κ2) is 6.97. The van der Waals surface area contributed by atoms with Crippen molar-refractivity contribution in [2.75, 3.05) is 11.0 Å². The van der Waals surface area contributed by atoms with E-state index in [1.165, 1.54) is 16.7 Å². The van der Waals surface area contributed by atoms with E-state index in [-0.39, 0.29) is 0 Å². The summed E-state index contributed by atoms with van der Waals surface area (Å²) in [6.07, 6.45) is 3.19. The summed E-state index contributed by atoms with van der Waals surface area (Å²) in [7, 11) is -3.22. The number of anilines is 1. The molecule has 2 aromatic carbocycles. The molecule has 0 amide bonds. The molecule has 0 aliphatic heterocycles. The van der Waals surface area contributed by atoms with Gasteiger partial charge in [0.15, 0.2) is 0 Å². The van der Waals surface area contributed by atoms with Crippen molar-refractivity contribution in [2.24, 2.45) is 0 Å². The van der Waals surface area contributed by atoms with Crippen LogP contribution in [0.1, 0.15) is 36.5 Å². The number of nitrogens with one attached hydrogen (secondary N) is 1. The van der Waals surface area contributed by atoms with Crippen LogP contribution < -0.4 is 4.72 Å². The molecule has 0 fully saturated rings. The van der Waals surface area contributed by atoms with Gasteiger partial charge in [0.05, 0.1) is 6.26 Å². The summed E-state index contributed by atoms with van der Waals surface area (Å²) in [5.74, 6) is 0.388. The van der Waals surface area contributed by atoms with E-state index in [4.69, 9.17) is 0 Å². The van der Waals surface area contributed by atoms with Gasteiger partial charge in [-0.15, -0.1) is 0 Å². The maximum absolute atomic E-state index is 11.2. The van der Waals surface area contributed by atoms with Gasteiger partial charge in [0.1, 0.15) is 0 Å². The molecule has 1 atom stereocenters. The Morgan fingerprint density at radius 3 is 2.27 bits per heavy atom. The SMILES string of the molecule is CCc1cccc(CC(C)c2ccc(NS(C)(=O)=O)cc2)c1. The average molecular weight is 317 g/mol. The Bertz CT molecular complexity index is 721. The van der Waals surface area contributed by atoms with Gasteiger partial charge in [0, 0.05) is 5.69 Å². The molecule has 0 bridgehead atoms. The fourth-order valence-corrected chi connectivity index (χ4v) is 3.11. The van der Waals surface area contributed by atoms with Gasteiger partial charge in [-0.05, 0) is 47.6 Å². The average Bonchev–Trinajstić information content (AvgIpc) is 2.46. The van der Waals surface area contributed by atoms with Crippen molar-refractivity contribution in [3.05, 3.63) is 65.2 Å². The van der Waals surface area contributed by atoms with E-state index in [9.17, 15) is 8.42 Å². The summed E-state index contributed by atoms with van der Waals surface area (Å²) in [5, 5.41) is 0. The van der Waals surface area contributed by atoms with Gasteiger partial charge in [-0.2, -0.15) is 0 Å². The molecule has 0 aliphatic carbocycles. The highest BCUT2D eigenvalue weighted by molar-refractivity contribution is 7.92. The molecule has 3 nitrogen and oxygen atoms in total. The van der Waals surface area contributed by atoms with E-state index in [2.05, 4.69) is 42.8 Å².